The van der Waals surface area contributed by atoms with Crippen LogP contribution in [0, 0.1) is 6.92 Å². The Morgan fingerprint density at radius 1 is 1.38 bits per heavy atom. The molecule has 1 atom stereocenters. The van der Waals surface area contributed by atoms with E-state index in [0.29, 0.717) is 6.10 Å². The molecule has 2 fully saturated rings. The number of nitrogens with one attached hydrogen (secondary N) is 1. The highest BCUT2D eigenvalue weighted by Gasteiger charge is 2.21. The summed E-state index contributed by atoms with van der Waals surface area (Å²) in [6.45, 7) is 9.78. The van der Waals surface area contributed by atoms with Crippen LogP contribution in [0.25, 0.3) is 0 Å². The Labute approximate surface area is 132 Å². The van der Waals surface area contributed by atoms with E-state index in [1.807, 2.05) is 11.3 Å². The lowest BCUT2D eigenvalue weighted by Crippen LogP contribution is -2.31. The molecule has 0 amide bonds. The van der Waals surface area contributed by atoms with Gasteiger partial charge < -0.3 is 10.1 Å². The van der Waals surface area contributed by atoms with Crippen LogP contribution < -0.4 is 5.32 Å². The average molecular weight is 308 g/mol. The molecule has 1 aliphatic heterocycles. The maximum atomic E-state index is 5.78. The molecule has 2 aliphatic rings. The Balaban J connectivity index is 1.53. The highest BCUT2D eigenvalue weighted by atomic mass is 32.1. The summed E-state index contributed by atoms with van der Waals surface area (Å²) in [7, 11) is 0. The van der Waals surface area contributed by atoms with Gasteiger partial charge in [0.15, 0.2) is 0 Å². The molecular weight excluding hydrogens is 280 g/mol. The van der Waals surface area contributed by atoms with E-state index in [2.05, 4.69) is 30.1 Å². The molecule has 1 N–H and O–H groups in total. The van der Waals surface area contributed by atoms with E-state index in [0.717, 1.165) is 38.8 Å². The van der Waals surface area contributed by atoms with Gasteiger partial charge in [-0.25, -0.2) is 0 Å². The number of aryl methyl sites for hydroxylation is 1. The van der Waals surface area contributed by atoms with Crippen molar-refractivity contribution in [3.8, 4) is 0 Å². The topological polar surface area (TPSA) is 24.5 Å². The van der Waals surface area contributed by atoms with Crippen LogP contribution in [0.5, 0.6) is 0 Å². The summed E-state index contributed by atoms with van der Waals surface area (Å²) >= 11 is 1.96. The predicted octanol–water partition coefficient (Wildman–Crippen LogP) is 3.31. The summed E-state index contributed by atoms with van der Waals surface area (Å²) in [5, 5.41) is 3.62. The van der Waals surface area contributed by atoms with Crippen molar-refractivity contribution < 1.29 is 4.74 Å². The third-order valence-corrected chi connectivity index (χ3v) is 5.63. The molecule has 3 rings (SSSR count). The van der Waals surface area contributed by atoms with Gasteiger partial charge in [-0.1, -0.05) is 6.92 Å². The van der Waals surface area contributed by atoms with E-state index in [1.54, 1.807) is 0 Å². The minimum absolute atomic E-state index is 0.458. The van der Waals surface area contributed by atoms with E-state index in [9.17, 15) is 0 Å². The van der Waals surface area contributed by atoms with Gasteiger partial charge in [-0.15, -0.1) is 11.3 Å². The Kier molecular flexibility index (Phi) is 5.33. The monoisotopic (exact) mass is 308 g/mol. The number of rotatable bonds is 8. The zero-order chi connectivity index (χ0) is 14.7. The van der Waals surface area contributed by atoms with Gasteiger partial charge in [0.05, 0.1) is 6.10 Å². The first-order valence-electron chi connectivity index (χ1n) is 8.40. The lowest BCUT2D eigenvalue weighted by Gasteiger charge is -2.23. The van der Waals surface area contributed by atoms with Gasteiger partial charge in [0, 0.05) is 42.0 Å². The van der Waals surface area contributed by atoms with Crippen molar-refractivity contribution in [3.05, 3.63) is 21.4 Å². The molecule has 1 saturated heterocycles. The fraction of sp³-hybridized carbons (Fsp3) is 0.765. The Morgan fingerprint density at radius 3 is 2.90 bits per heavy atom. The summed E-state index contributed by atoms with van der Waals surface area (Å²) in [5.41, 5.74) is 1.51. The number of hydrogen-bond donors (Lipinski definition) is 1. The number of thiophene rings is 1. The van der Waals surface area contributed by atoms with Crippen molar-refractivity contribution >= 4 is 11.3 Å². The van der Waals surface area contributed by atoms with Gasteiger partial charge in [0.1, 0.15) is 0 Å². The molecule has 118 valence electrons. The SMILES string of the molecule is CCN(Cc1cc(CNC2CC2)sc1C)CC1CCCO1. The molecule has 2 heterocycles. The molecule has 0 radical (unpaired) electrons. The van der Waals surface area contributed by atoms with Gasteiger partial charge in [0.2, 0.25) is 0 Å². The van der Waals surface area contributed by atoms with Crippen molar-refractivity contribution in [3.63, 3.8) is 0 Å². The summed E-state index contributed by atoms with van der Waals surface area (Å²) in [6, 6.07) is 3.20. The summed E-state index contributed by atoms with van der Waals surface area (Å²) in [4.78, 5) is 5.50. The van der Waals surface area contributed by atoms with Gasteiger partial charge >= 0.3 is 0 Å². The highest BCUT2D eigenvalue weighted by molar-refractivity contribution is 7.12. The van der Waals surface area contributed by atoms with E-state index < -0.39 is 0 Å². The number of likely N-dealkylation sites (N-methyl/N-ethyl adjacent to an activating group) is 1. The lowest BCUT2D eigenvalue weighted by molar-refractivity contribution is 0.0725. The van der Waals surface area contributed by atoms with Crippen LogP contribution in [0.2, 0.25) is 0 Å². The Morgan fingerprint density at radius 2 is 2.24 bits per heavy atom. The van der Waals surface area contributed by atoms with Crippen LogP contribution in [-0.2, 0) is 17.8 Å². The molecule has 3 nitrogen and oxygen atoms in total. The predicted molar refractivity (Wildman–Crippen MR) is 88.8 cm³/mol. The summed E-state index contributed by atoms with van der Waals surface area (Å²) < 4.78 is 5.78. The van der Waals surface area contributed by atoms with Crippen LogP contribution in [0.4, 0.5) is 0 Å². The van der Waals surface area contributed by atoms with E-state index in [4.69, 9.17) is 4.74 Å². The van der Waals surface area contributed by atoms with E-state index in [-0.39, 0.29) is 0 Å². The quantitative estimate of drug-likeness (QED) is 0.797. The fourth-order valence-corrected chi connectivity index (χ4v) is 3.99. The lowest BCUT2D eigenvalue weighted by atomic mass is 10.2. The first-order valence-corrected chi connectivity index (χ1v) is 9.21. The van der Waals surface area contributed by atoms with Gasteiger partial charge in [-0.3, -0.25) is 4.90 Å². The van der Waals surface area contributed by atoms with Crippen LogP contribution in [0.15, 0.2) is 6.07 Å². The first kappa shape index (κ1) is 15.5. The number of nitrogens with zero attached hydrogens (tertiary/aromatic N) is 1. The van der Waals surface area contributed by atoms with Crippen molar-refractivity contribution in [2.24, 2.45) is 0 Å². The molecule has 0 aromatic carbocycles. The van der Waals surface area contributed by atoms with Gasteiger partial charge in [-0.05, 0) is 50.8 Å². The van der Waals surface area contributed by atoms with Gasteiger partial charge in [-0.2, -0.15) is 0 Å². The highest BCUT2D eigenvalue weighted by Crippen LogP contribution is 2.25. The summed E-state index contributed by atoms with van der Waals surface area (Å²) in [5.74, 6) is 0. The molecule has 21 heavy (non-hydrogen) atoms. The molecule has 4 heteroatoms. The van der Waals surface area contributed by atoms with Crippen molar-refractivity contribution in [1.82, 2.24) is 10.2 Å². The second-order valence-electron chi connectivity index (χ2n) is 6.41. The number of hydrogen-bond acceptors (Lipinski definition) is 4. The van der Waals surface area contributed by atoms with Crippen molar-refractivity contribution in [1.29, 1.82) is 0 Å². The zero-order valence-electron chi connectivity index (χ0n) is 13.4. The smallest absolute Gasteiger partial charge is 0.0702 e. The van der Waals surface area contributed by atoms with Gasteiger partial charge in [0.25, 0.3) is 0 Å². The van der Waals surface area contributed by atoms with E-state index in [1.165, 1.54) is 41.0 Å². The second kappa shape index (κ2) is 7.23. The molecule has 0 bridgehead atoms. The molecule has 0 spiro atoms. The minimum Gasteiger partial charge on any atom is -0.377 e. The van der Waals surface area contributed by atoms with Crippen molar-refractivity contribution in [2.75, 3.05) is 19.7 Å². The van der Waals surface area contributed by atoms with Crippen LogP contribution in [-0.4, -0.2) is 36.7 Å². The molecule has 1 unspecified atom stereocenters. The molecule has 1 aliphatic carbocycles. The maximum absolute atomic E-state index is 5.78. The minimum atomic E-state index is 0.458. The van der Waals surface area contributed by atoms with Crippen molar-refractivity contribution in [2.45, 2.75) is 64.8 Å². The average Bonchev–Trinajstić information content (AvgIpc) is 3.05. The Bertz CT molecular complexity index is 450. The number of ether oxygens (including phenoxy) is 1. The van der Waals surface area contributed by atoms with Crippen LogP contribution in [0.1, 0.15) is 47.9 Å². The standard InChI is InChI=1S/C17H28N2OS/c1-3-19(12-16-5-4-8-20-16)11-14-9-17(21-13(14)2)10-18-15-6-7-15/h9,15-16,18H,3-8,10-12H2,1-2H3. The third-order valence-electron chi connectivity index (χ3n) is 4.54. The largest absolute Gasteiger partial charge is 0.377 e. The summed E-state index contributed by atoms with van der Waals surface area (Å²) in [6.07, 6.45) is 5.65. The molecule has 1 aromatic heterocycles. The molecule has 1 saturated carbocycles. The van der Waals surface area contributed by atoms with Crippen LogP contribution in [0.3, 0.4) is 0 Å². The molecular formula is C17H28N2OS. The first-order chi connectivity index (χ1) is 10.2. The molecule has 1 aromatic rings. The third kappa shape index (κ3) is 4.52. The Hall–Kier alpha value is -0.420. The maximum Gasteiger partial charge on any atom is 0.0702 e. The zero-order valence-corrected chi connectivity index (χ0v) is 14.2. The second-order valence-corrected chi connectivity index (χ2v) is 7.75. The fourth-order valence-electron chi connectivity index (χ4n) is 2.99. The van der Waals surface area contributed by atoms with Crippen LogP contribution >= 0.6 is 11.3 Å². The van der Waals surface area contributed by atoms with E-state index >= 15 is 0 Å². The normalized spacial score (nSPS) is 22.3.